The molecule has 1 aliphatic rings. The molecule has 1 atom stereocenters. The molecule has 0 aromatic carbocycles. The van der Waals surface area contributed by atoms with Crippen LogP contribution < -0.4 is 0 Å². The van der Waals surface area contributed by atoms with Crippen molar-refractivity contribution >= 4 is 5.97 Å². The highest BCUT2D eigenvalue weighted by Gasteiger charge is 2.44. The summed E-state index contributed by atoms with van der Waals surface area (Å²) >= 11 is 0. The number of carboxylic acid groups (broad SMARTS) is 1. The van der Waals surface area contributed by atoms with E-state index in [-0.39, 0.29) is 11.3 Å². The fraction of sp³-hybridized carbons (Fsp3) is 0.545. The van der Waals surface area contributed by atoms with E-state index in [1.165, 1.54) is 0 Å². The maximum atomic E-state index is 10.8. The van der Waals surface area contributed by atoms with Gasteiger partial charge in [0.1, 0.15) is 5.76 Å². The van der Waals surface area contributed by atoms with Crippen LogP contribution in [0.3, 0.4) is 0 Å². The zero-order valence-electron chi connectivity index (χ0n) is 8.60. The minimum atomic E-state index is -0.771. The molecule has 4 heteroatoms. The molecule has 0 bridgehead atoms. The molecule has 0 aliphatic carbocycles. The summed E-state index contributed by atoms with van der Waals surface area (Å²) in [6.45, 7) is 2.82. The standard InChI is InChI=1S/C11H14O4/c1-8(10(12)13)5-11(6-14-7-11)9-3-2-4-15-9/h2-4,8H,5-7H2,1H3,(H,12,13). The van der Waals surface area contributed by atoms with Gasteiger partial charge >= 0.3 is 5.97 Å². The molecule has 15 heavy (non-hydrogen) atoms. The lowest BCUT2D eigenvalue weighted by atomic mass is 9.76. The van der Waals surface area contributed by atoms with E-state index in [4.69, 9.17) is 14.3 Å². The molecule has 1 fully saturated rings. The third kappa shape index (κ3) is 1.77. The van der Waals surface area contributed by atoms with Crippen LogP contribution in [0.4, 0.5) is 0 Å². The summed E-state index contributed by atoms with van der Waals surface area (Å²) in [6, 6.07) is 3.71. The van der Waals surface area contributed by atoms with E-state index in [0.29, 0.717) is 19.6 Å². The Hall–Kier alpha value is -1.29. The van der Waals surface area contributed by atoms with Gasteiger partial charge in [-0.25, -0.2) is 0 Å². The van der Waals surface area contributed by atoms with Gasteiger partial charge in [0.05, 0.1) is 30.8 Å². The lowest BCUT2D eigenvalue weighted by molar-refractivity contribution is -0.145. The van der Waals surface area contributed by atoms with E-state index in [1.807, 2.05) is 12.1 Å². The van der Waals surface area contributed by atoms with Gasteiger partial charge in [0.25, 0.3) is 0 Å². The van der Waals surface area contributed by atoms with Crippen molar-refractivity contribution in [3.05, 3.63) is 24.2 Å². The molecule has 1 aromatic rings. The Morgan fingerprint density at radius 3 is 2.80 bits per heavy atom. The fourth-order valence-corrected chi connectivity index (χ4v) is 1.96. The number of hydrogen-bond donors (Lipinski definition) is 1. The van der Waals surface area contributed by atoms with Crippen LogP contribution in [0.2, 0.25) is 0 Å². The van der Waals surface area contributed by atoms with Crippen LogP contribution in [0.15, 0.2) is 22.8 Å². The Bertz CT molecular complexity index is 337. The minimum Gasteiger partial charge on any atom is -0.481 e. The van der Waals surface area contributed by atoms with Gasteiger partial charge in [0.15, 0.2) is 0 Å². The van der Waals surface area contributed by atoms with Crippen molar-refractivity contribution < 1.29 is 19.1 Å². The first-order valence-electron chi connectivity index (χ1n) is 4.99. The molecule has 1 N–H and O–H groups in total. The molecular weight excluding hydrogens is 196 g/mol. The second-order valence-corrected chi connectivity index (χ2v) is 4.19. The predicted molar refractivity (Wildman–Crippen MR) is 52.6 cm³/mol. The molecule has 0 amide bonds. The van der Waals surface area contributed by atoms with Crippen molar-refractivity contribution in [1.82, 2.24) is 0 Å². The van der Waals surface area contributed by atoms with Crippen LogP contribution >= 0.6 is 0 Å². The van der Waals surface area contributed by atoms with E-state index in [1.54, 1.807) is 13.2 Å². The number of carboxylic acids is 1. The summed E-state index contributed by atoms with van der Waals surface area (Å²) in [5.41, 5.74) is -0.221. The Kier molecular flexibility index (Phi) is 2.52. The molecule has 0 spiro atoms. The molecule has 1 aliphatic heterocycles. The van der Waals surface area contributed by atoms with E-state index in [2.05, 4.69) is 0 Å². The van der Waals surface area contributed by atoms with Crippen LogP contribution in [-0.2, 0) is 14.9 Å². The van der Waals surface area contributed by atoms with Crippen molar-refractivity contribution in [1.29, 1.82) is 0 Å². The molecule has 82 valence electrons. The molecule has 0 radical (unpaired) electrons. The van der Waals surface area contributed by atoms with Gasteiger partial charge in [-0.1, -0.05) is 6.92 Å². The number of ether oxygens (including phenoxy) is 1. The maximum absolute atomic E-state index is 10.8. The van der Waals surface area contributed by atoms with Gasteiger partial charge in [0.2, 0.25) is 0 Å². The number of furan rings is 1. The van der Waals surface area contributed by atoms with Gasteiger partial charge in [-0.05, 0) is 18.6 Å². The van der Waals surface area contributed by atoms with Crippen molar-refractivity contribution in [3.8, 4) is 0 Å². The maximum Gasteiger partial charge on any atom is 0.306 e. The number of rotatable bonds is 4. The average molecular weight is 210 g/mol. The third-order valence-electron chi connectivity index (χ3n) is 2.92. The van der Waals surface area contributed by atoms with Gasteiger partial charge in [-0.3, -0.25) is 4.79 Å². The Morgan fingerprint density at radius 2 is 2.40 bits per heavy atom. The lowest BCUT2D eigenvalue weighted by Crippen LogP contribution is -2.48. The molecular formula is C11H14O4. The topological polar surface area (TPSA) is 59.7 Å². The smallest absolute Gasteiger partial charge is 0.306 e. The summed E-state index contributed by atoms with van der Waals surface area (Å²) in [7, 11) is 0. The largest absolute Gasteiger partial charge is 0.481 e. The quantitative estimate of drug-likeness (QED) is 0.821. The van der Waals surface area contributed by atoms with Crippen LogP contribution in [0.1, 0.15) is 19.1 Å². The van der Waals surface area contributed by atoms with E-state index >= 15 is 0 Å². The lowest BCUT2D eigenvalue weighted by Gasteiger charge is -2.40. The SMILES string of the molecule is CC(CC1(c2ccco2)COC1)C(=O)O. The van der Waals surface area contributed by atoms with E-state index in [9.17, 15) is 4.79 Å². The van der Waals surface area contributed by atoms with Crippen molar-refractivity contribution in [2.24, 2.45) is 5.92 Å². The van der Waals surface area contributed by atoms with Crippen LogP contribution in [0.5, 0.6) is 0 Å². The molecule has 2 heterocycles. The highest BCUT2D eigenvalue weighted by atomic mass is 16.5. The zero-order valence-corrected chi connectivity index (χ0v) is 8.60. The summed E-state index contributed by atoms with van der Waals surface area (Å²) < 4.78 is 10.5. The van der Waals surface area contributed by atoms with Crippen molar-refractivity contribution in [2.45, 2.75) is 18.8 Å². The monoisotopic (exact) mass is 210 g/mol. The number of carbonyl (C=O) groups is 1. The van der Waals surface area contributed by atoms with Gasteiger partial charge in [-0.15, -0.1) is 0 Å². The van der Waals surface area contributed by atoms with Crippen LogP contribution in [-0.4, -0.2) is 24.3 Å². The summed E-state index contributed by atoms with van der Waals surface area (Å²) in [5.74, 6) is -0.311. The molecule has 4 nitrogen and oxygen atoms in total. The van der Waals surface area contributed by atoms with Crippen LogP contribution in [0.25, 0.3) is 0 Å². The predicted octanol–water partition coefficient (Wildman–Crippen LogP) is 1.66. The molecule has 1 aromatic heterocycles. The normalized spacial score (nSPS) is 20.6. The van der Waals surface area contributed by atoms with Crippen LogP contribution in [0, 0.1) is 5.92 Å². The highest BCUT2D eigenvalue weighted by Crippen LogP contribution is 2.38. The first-order valence-corrected chi connectivity index (χ1v) is 4.99. The van der Waals surface area contributed by atoms with Gasteiger partial charge < -0.3 is 14.3 Å². The van der Waals surface area contributed by atoms with Gasteiger partial charge in [0, 0.05) is 0 Å². The third-order valence-corrected chi connectivity index (χ3v) is 2.92. The van der Waals surface area contributed by atoms with E-state index in [0.717, 1.165) is 5.76 Å². The average Bonchev–Trinajstić information content (AvgIpc) is 2.63. The molecule has 2 rings (SSSR count). The summed E-state index contributed by atoms with van der Waals surface area (Å²) in [4.78, 5) is 10.8. The van der Waals surface area contributed by atoms with Gasteiger partial charge in [-0.2, -0.15) is 0 Å². The molecule has 0 saturated carbocycles. The number of hydrogen-bond acceptors (Lipinski definition) is 3. The Labute approximate surface area is 87.8 Å². The summed E-state index contributed by atoms with van der Waals surface area (Å²) in [5, 5.41) is 8.89. The molecule has 1 saturated heterocycles. The number of aliphatic carboxylic acids is 1. The Balaban J connectivity index is 2.13. The summed E-state index contributed by atoms with van der Waals surface area (Å²) in [6.07, 6.45) is 2.18. The van der Waals surface area contributed by atoms with Crippen molar-refractivity contribution in [3.63, 3.8) is 0 Å². The second-order valence-electron chi connectivity index (χ2n) is 4.19. The highest BCUT2D eigenvalue weighted by molar-refractivity contribution is 5.69. The second kappa shape index (κ2) is 3.70. The molecule has 1 unspecified atom stereocenters. The zero-order chi connectivity index (χ0) is 10.9. The Morgan fingerprint density at radius 1 is 1.67 bits per heavy atom. The first-order chi connectivity index (χ1) is 7.14. The van der Waals surface area contributed by atoms with Crippen molar-refractivity contribution in [2.75, 3.05) is 13.2 Å². The minimum absolute atomic E-state index is 0.221. The fourth-order valence-electron chi connectivity index (χ4n) is 1.96. The first kappa shape index (κ1) is 10.2. The van der Waals surface area contributed by atoms with E-state index < -0.39 is 5.97 Å².